The van der Waals surface area contributed by atoms with E-state index in [1.54, 1.807) is 12.1 Å². The Morgan fingerprint density at radius 3 is 2.71 bits per heavy atom. The molecule has 1 N–H and O–H groups in total. The molecule has 1 saturated carbocycles. The third kappa shape index (κ3) is 1.44. The average molecular weight is 234 g/mol. The number of fused-ring (bicyclic) bond motifs is 1. The van der Waals surface area contributed by atoms with E-state index >= 15 is 0 Å². The zero-order valence-electron chi connectivity index (χ0n) is 10.5. The van der Waals surface area contributed by atoms with Crippen LogP contribution in [0, 0.1) is 5.82 Å². The highest BCUT2D eigenvalue weighted by Gasteiger charge is 2.47. The molecule has 0 bridgehead atoms. The lowest BCUT2D eigenvalue weighted by Gasteiger charge is -2.56. The smallest absolute Gasteiger partial charge is 0.148 e. The molecular formula is C14H19FN2. The first-order chi connectivity index (χ1) is 8.14. The number of hydrogen-bond acceptors (Lipinski definition) is 2. The predicted molar refractivity (Wildman–Crippen MR) is 69.1 cm³/mol. The third-order valence-electron chi connectivity index (χ3n) is 4.15. The molecule has 1 aromatic carbocycles. The van der Waals surface area contributed by atoms with Crippen LogP contribution in [0.1, 0.15) is 33.1 Å². The van der Waals surface area contributed by atoms with Crippen molar-refractivity contribution in [2.75, 3.05) is 16.8 Å². The maximum Gasteiger partial charge on any atom is 0.148 e. The van der Waals surface area contributed by atoms with Crippen molar-refractivity contribution in [2.45, 2.75) is 44.7 Å². The molecule has 0 unspecified atom stereocenters. The minimum absolute atomic E-state index is 0.102. The van der Waals surface area contributed by atoms with E-state index in [2.05, 4.69) is 24.1 Å². The minimum atomic E-state index is -0.102. The molecule has 1 spiro atoms. The molecular weight excluding hydrogens is 215 g/mol. The zero-order valence-corrected chi connectivity index (χ0v) is 10.5. The molecule has 0 amide bonds. The molecule has 1 heterocycles. The van der Waals surface area contributed by atoms with E-state index < -0.39 is 0 Å². The van der Waals surface area contributed by atoms with Crippen molar-refractivity contribution in [2.24, 2.45) is 0 Å². The summed E-state index contributed by atoms with van der Waals surface area (Å²) in [6.07, 6.45) is 3.60. The van der Waals surface area contributed by atoms with Crippen LogP contribution < -0.4 is 10.2 Å². The van der Waals surface area contributed by atoms with Gasteiger partial charge in [-0.25, -0.2) is 4.39 Å². The first kappa shape index (κ1) is 10.9. The molecule has 17 heavy (non-hydrogen) atoms. The van der Waals surface area contributed by atoms with Crippen LogP contribution in [-0.2, 0) is 0 Å². The largest absolute Gasteiger partial charge is 0.381 e. The van der Waals surface area contributed by atoms with E-state index in [9.17, 15) is 4.39 Å². The Morgan fingerprint density at radius 1 is 1.35 bits per heavy atom. The summed E-state index contributed by atoms with van der Waals surface area (Å²) >= 11 is 0. The molecule has 92 valence electrons. The summed E-state index contributed by atoms with van der Waals surface area (Å²) < 4.78 is 14.1. The Morgan fingerprint density at radius 2 is 2.12 bits per heavy atom. The summed E-state index contributed by atoms with van der Waals surface area (Å²) in [5.41, 5.74) is 1.87. The summed E-state index contributed by atoms with van der Waals surface area (Å²) in [5.74, 6) is -0.102. The predicted octanol–water partition coefficient (Wildman–Crippen LogP) is 3.39. The molecule has 1 aliphatic heterocycles. The number of anilines is 2. The first-order valence-electron chi connectivity index (χ1n) is 6.46. The topological polar surface area (TPSA) is 15.3 Å². The highest BCUT2D eigenvalue weighted by molar-refractivity contribution is 5.75. The normalized spacial score (nSPS) is 21.1. The maximum absolute atomic E-state index is 14.1. The van der Waals surface area contributed by atoms with Crippen molar-refractivity contribution in [3.8, 4) is 0 Å². The van der Waals surface area contributed by atoms with Crippen LogP contribution in [0.5, 0.6) is 0 Å². The van der Waals surface area contributed by atoms with E-state index in [1.807, 2.05) is 6.07 Å². The Bertz CT molecular complexity index is 438. The molecule has 1 fully saturated rings. The van der Waals surface area contributed by atoms with Crippen LogP contribution in [0.2, 0.25) is 0 Å². The fourth-order valence-corrected chi connectivity index (χ4v) is 3.29. The van der Waals surface area contributed by atoms with Crippen LogP contribution in [-0.4, -0.2) is 18.1 Å². The van der Waals surface area contributed by atoms with Crippen molar-refractivity contribution in [3.63, 3.8) is 0 Å². The van der Waals surface area contributed by atoms with E-state index in [1.165, 1.54) is 19.3 Å². The monoisotopic (exact) mass is 234 g/mol. The number of benzene rings is 1. The number of hydrogen-bond donors (Lipinski definition) is 1. The summed E-state index contributed by atoms with van der Waals surface area (Å²) in [6.45, 7) is 5.25. The highest BCUT2D eigenvalue weighted by atomic mass is 19.1. The van der Waals surface area contributed by atoms with Crippen molar-refractivity contribution < 1.29 is 4.39 Å². The Hall–Kier alpha value is -1.25. The second kappa shape index (κ2) is 3.62. The molecule has 1 aliphatic carbocycles. The number of nitrogens with one attached hydrogen (secondary N) is 1. The summed E-state index contributed by atoms with van der Waals surface area (Å²) in [7, 11) is 0. The fraction of sp³-hybridized carbons (Fsp3) is 0.571. The van der Waals surface area contributed by atoms with Gasteiger partial charge in [0.05, 0.1) is 16.9 Å². The molecule has 0 saturated heterocycles. The van der Waals surface area contributed by atoms with Gasteiger partial charge in [0.15, 0.2) is 0 Å². The minimum Gasteiger partial charge on any atom is -0.381 e. The number of rotatable bonds is 1. The Kier molecular flexibility index (Phi) is 2.32. The van der Waals surface area contributed by atoms with Gasteiger partial charge < -0.3 is 10.2 Å². The maximum atomic E-state index is 14.1. The van der Waals surface area contributed by atoms with Gasteiger partial charge in [0.2, 0.25) is 0 Å². The molecule has 3 rings (SSSR count). The molecule has 1 aromatic rings. The molecule has 0 aromatic heterocycles. The summed E-state index contributed by atoms with van der Waals surface area (Å²) in [5, 5.41) is 3.40. The Balaban J connectivity index is 2.12. The lowest BCUT2D eigenvalue weighted by Crippen LogP contribution is -2.63. The van der Waals surface area contributed by atoms with E-state index in [-0.39, 0.29) is 11.4 Å². The second-order valence-electron chi connectivity index (χ2n) is 5.53. The number of nitrogens with zero attached hydrogens (tertiary/aromatic N) is 1. The molecule has 2 nitrogen and oxygen atoms in total. The fourth-order valence-electron chi connectivity index (χ4n) is 3.29. The van der Waals surface area contributed by atoms with Gasteiger partial charge in [0.1, 0.15) is 5.82 Å². The van der Waals surface area contributed by atoms with Gasteiger partial charge >= 0.3 is 0 Å². The van der Waals surface area contributed by atoms with Crippen molar-refractivity contribution in [3.05, 3.63) is 24.0 Å². The van der Waals surface area contributed by atoms with Gasteiger partial charge in [-0.05, 0) is 45.2 Å². The third-order valence-corrected chi connectivity index (χ3v) is 4.15. The van der Waals surface area contributed by atoms with Crippen LogP contribution >= 0.6 is 0 Å². The molecule has 3 heteroatoms. The lowest BCUT2D eigenvalue weighted by atomic mass is 9.73. The second-order valence-corrected chi connectivity index (χ2v) is 5.53. The van der Waals surface area contributed by atoms with Crippen LogP contribution in [0.15, 0.2) is 18.2 Å². The van der Waals surface area contributed by atoms with E-state index in [0.29, 0.717) is 6.04 Å². The van der Waals surface area contributed by atoms with Gasteiger partial charge in [0.25, 0.3) is 0 Å². The summed E-state index contributed by atoms with van der Waals surface area (Å²) in [4.78, 5) is 2.30. The molecule has 2 aliphatic rings. The van der Waals surface area contributed by atoms with Crippen LogP contribution in [0.3, 0.4) is 0 Å². The standard InChI is InChI=1S/C14H19FN2/c1-10(2)17-13-11(15)5-3-6-12(13)16-9-14(17)7-4-8-14/h3,5-6,10,16H,4,7-9H2,1-2H3. The lowest BCUT2D eigenvalue weighted by molar-refractivity contribution is 0.224. The van der Waals surface area contributed by atoms with Crippen LogP contribution in [0.25, 0.3) is 0 Å². The molecule has 0 radical (unpaired) electrons. The van der Waals surface area contributed by atoms with Gasteiger partial charge in [-0.15, -0.1) is 0 Å². The first-order valence-corrected chi connectivity index (χ1v) is 6.46. The van der Waals surface area contributed by atoms with E-state index in [0.717, 1.165) is 17.9 Å². The van der Waals surface area contributed by atoms with Crippen molar-refractivity contribution in [1.82, 2.24) is 0 Å². The SMILES string of the molecule is CC(C)N1c2c(F)cccc2NCC12CCC2. The molecule has 0 atom stereocenters. The van der Waals surface area contributed by atoms with Crippen molar-refractivity contribution >= 4 is 11.4 Å². The van der Waals surface area contributed by atoms with Crippen molar-refractivity contribution in [1.29, 1.82) is 0 Å². The number of halogens is 1. The van der Waals surface area contributed by atoms with Crippen LogP contribution in [0.4, 0.5) is 15.8 Å². The zero-order chi connectivity index (χ0) is 12.0. The number of para-hydroxylation sites is 1. The van der Waals surface area contributed by atoms with Gasteiger partial charge in [-0.2, -0.15) is 0 Å². The van der Waals surface area contributed by atoms with Gasteiger partial charge in [0, 0.05) is 12.6 Å². The van der Waals surface area contributed by atoms with Gasteiger partial charge in [-0.1, -0.05) is 6.07 Å². The van der Waals surface area contributed by atoms with E-state index in [4.69, 9.17) is 0 Å². The Labute approximate surface area is 102 Å². The quantitative estimate of drug-likeness (QED) is 0.801. The van der Waals surface area contributed by atoms with Gasteiger partial charge in [-0.3, -0.25) is 0 Å². The highest BCUT2D eigenvalue weighted by Crippen LogP contribution is 2.48. The average Bonchev–Trinajstić information content (AvgIpc) is 2.25. The summed E-state index contributed by atoms with van der Waals surface area (Å²) in [6, 6.07) is 5.65.